The minimum atomic E-state index is 0.758. The average molecular weight is 401 g/mol. The molecule has 3 aromatic carbocycles. The number of nitrogens with zero attached hydrogens (tertiary/aromatic N) is 4. The molecular formula is C24H21ClN4. The number of hydrogen-bond acceptors (Lipinski definition) is 2. The van der Waals surface area contributed by atoms with Gasteiger partial charge in [-0.2, -0.15) is 0 Å². The third kappa shape index (κ3) is 3.52. The predicted molar refractivity (Wildman–Crippen MR) is 120 cm³/mol. The molecule has 0 N–H and O–H groups in total. The van der Waals surface area contributed by atoms with Gasteiger partial charge in [0.15, 0.2) is 0 Å². The molecule has 29 heavy (non-hydrogen) atoms. The second-order valence-corrected chi connectivity index (χ2v) is 7.69. The molecule has 0 fully saturated rings. The molecule has 0 bridgehead atoms. The maximum Gasteiger partial charge on any atom is 0.136 e. The Kier molecular flexibility index (Phi) is 4.78. The van der Waals surface area contributed by atoms with E-state index in [1.807, 2.05) is 30.9 Å². The van der Waals surface area contributed by atoms with Crippen LogP contribution in [0.1, 0.15) is 17.5 Å². The zero-order valence-electron chi connectivity index (χ0n) is 16.0. The first-order chi connectivity index (χ1) is 14.3. The van der Waals surface area contributed by atoms with Crippen molar-refractivity contribution in [2.24, 2.45) is 4.99 Å². The van der Waals surface area contributed by atoms with Crippen molar-refractivity contribution in [3.05, 3.63) is 95.5 Å². The van der Waals surface area contributed by atoms with Gasteiger partial charge in [0.2, 0.25) is 0 Å². The summed E-state index contributed by atoms with van der Waals surface area (Å²) in [6.07, 6.45) is 6.63. The van der Waals surface area contributed by atoms with Crippen molar-refractivity contribution >= 4 is 33.9 Å². The highest BCUT2D eigenvalue weighted by atomic mass is 35.5. The van der Waals surface area contributed by atoms with Gasteiger partial charge in [0, 0.05) is 48.0 Å². The van der Waals surface area contributed by atoms with Crippen LogP contribution >= 0.6 is 11.6 Å². The quantitative estimate of drug-likeness (QED) is 0.398. The highest BCUT2D eigenvalue weighted by molar-refractivity contribution is 6.30. The molecule has 144 valence electrons. The van der Waals surface area contributed by atoms with Crippen LogP contribution in [0.2, 0.25) is 5.02 Å². The molecule has 1 aliphatic heterocycles. The summed E-state index contributed by atoms with van der Waals surface area (Å²) in [7, 11) is 0. The van der Waals surface area contributed by atoms with Gasteiger partial charge in [-0.15, -0.1) is 0 Å². The Labute approximate surface area is 175 Å². The zero-order chi connectivity index (χ0) is 19.6. The first-order valence-corrected chi connectivity index (χ1v) is 10.2. The fourth-order valence-electron chi connectivity index (χ4n) is 3.95. The first kappa shape index (κ1) is 18.0. The fourth-order valence-corrected chi connectivity index (χ4v) is 4.08. The van der Waals surface area contributed by atoms with Crippen molar-refractivity contribution < 1.29 is 0 Å². The molecule has 5 rings (SSSR count). The van der Waals surface area contributed by atoms with Gasteiger partial charge in [0.25, 0.3) is 0 Å². The molecule has 4 aromatic rings. The van der Waals surface area contributed by atoms with Crippen molar-refractivity contribution in [2.75, 3.05) is 11.4 Å². The summed E-state index contributed by atoms with van der Waals surface area (Å²) >= 11 is 6.08. The van der Waals surface area contributed by atoms with Crippen LogP contribution < -0.4 is 4.90 Å². The molecule has 2 heterocycles. The summed E-state index contributed by atoms with van der Waals surface area (Å²) in [6.45, 7) is 2.46. The van der Waals surface area contributed by atoms with Gasteiger partial charge in [-0.1, -0.05) is 54.1 Å². The second kappa shape index (κ2) is 7.72. The maximum absolute atomic E-state index is 6.08. The van der Waals surface area contributed by atoms with Crippen molar-refractivity contribution in [3.8, 4) is 0 Å². The minimum absolute atomic E-state index is 0.758. The van der Waals surface area contributed by atoms with E-state index in [-0.39, 0.29) is 0 Å². The number of amidine groups is 1. The maximum atomic E-state index is 6.08. The largest absolute Gasteiger partial charge is 0.337 e. The summed E-state index contributed by atoms with van der Waals surface area (Å²) in [4.78, 5) is 11.5. The van der Waals surface area contributed by atoms with Crippen LogP contribution in [-0.2, 0) is 13.1 Å². The number of hydrogen-bond donors (Lipinski definition) is 0. The Hall–Kier alpha value is -3.11. The molecule has 0 saturated carbocycles. The van der Waals surface area contributed by atoms with Crippen molar-refractivity contribution in [1.29, 1.82) is 0 Å². The number of anilines is 1. The lowest BCUT2D eigenvalue weighted by Gasteiger charge is -2.21. The van der Waals surface area contributed by atoms with Crippen LogP contribution in [0, 0.1) is 0 Å². The lowest BCUT2D eigenvalue weighted by atomic mass is 10.1. The minimum Gasteiger partial charge on any atom is -0.337 e. The van der Waals surface area contributed by atoms with Crippen LogP contribution in [-0.4, -0.2) is 21.9 Å². The second-order valence-electron chi connectivity index (χ2n) is 7.25. The number of rotatable bonds is 6. The summed E-state index contributed by atoms with van der Waals surface area (Å²) < 4.78 is 2.09. The van der Waals surface area contributed by atoms with Gasteiger partial charge in [0.1, 0.15) is 5.84 Å². The van der Waals surface area contributed by atoms with Crippen LogP contribution in [0.25, 0.3) is 10.8 Å². The van der Waals surface area contributed by atoms with Crippen LogP contribution in [0.3, 0.4) is 0 Å². The third-order valence-corrected chi connectivity index (χ3v) is 5.57. The molecule has 1 aromatic heterocycles. The van der Waals surface area contributed by atoms with Gasteiger partial charge < -0.3 is 9.47 Å². The monoisotopic (exact) mass is 400 g/mol. The summed E-state index contributed by atoms with van der Waals surface area (Å²) in [5.41, 5.74) is 3.65. The van der Waals surface area contributed by atoms with Crippen molar-refractivity contribution in [2.45, 2.75) is 19.5 Å². The Balaban J connectivity index is 1.47. The van der Waals surface area contributed by atoms with Crippen LogP contribution in [0.4, 0.5) is 5.69 Å². The number of aromatic nitrogens is 2. The molecule has 0 saturated heterocycles. The zero-order valence-corrected chi connectivity index (χ0v) is 16.8. The van der Waals surface area contributed by atoms with E-state index < -0.39 is 0 Å². The number of imidazole rings is 1. The average Bonchev–Trinajstić information content (AvgIpc) is 3.36. The lowest BCUT2D eigenvalue weighted by Crippen LogP contribution is -2.27. The van der Waals surface area contributed by atoms with Crippen molar-refractivity contribution in [1.82, 2.24) is 9.55 Å². The summed E-state index contributed by atoms with van der Waals surface area (Å²) in [5, 5.41) is 3.30. The van der Waals surface area contributed by atoms with Gasteiger partial charge >= 0.3 is 0 Å². The molecule has 0 atom stereocenters. The predicted octanol–water partition coefficient (Wildman–Crippen LogP) is 5.55. The van der Waals surface area contributed by atoms with Gasteiger partial charge in [0.05, 0.1) is 12.0 Å². The van der Waals surface area contributed by atoms with Crippen molar-refractivity contribution in [3.63, 3.8) is 0 Å². The van der Waals surface area contributed by atoms with E-state index in [1.165, 1.54) is 27.6 Å². The Bertz CT molecular complexity index is 1160. The number of benzene rings is 3. The molecule has 0 amide bonds. The molecular weight excluding hydrogens is 380 g/mol. The smallest absolute Gasteiger partial charge is 0.136 e. The topological polar surface area (TPSA) is 33.4 Å². The summed E-state index contributed by atoms with van der Waals surface area (Å²) in [6, 6.07) is 21.0. The molecule has 1 aliphatic rings. The Morgan fingerprint density at radius 2 is 1.79 bits per heavy atom. The Morgan fingerprint density at radius 3 is 2.59 bits per heavy atom. The Morgan fingerprint density at radius 1 is 0.966 bits per heavy atom. The number of aryl methyl sites for hydroxylation is 1. The molecule has 5 heteroatoms. The fraction of sp³-hybridized carbons (Fsp3) is 0.167. The third-order valence-electron chi connectivity index (χ3n) is 5.32. The van der Waals surface area contributed by atoms with E-state index in [4.69, 9.17) is 16.6 Å². The molecule has 0 aliphatic carbocycles. The van der Waals surface area contributed by atoms with E-state index in [1.54, 1.807) is 0 Å². The highest BCUT2D eigenvalue weighted by Gasteiger charge is 2.27. The normalized spacial score (nSPS) is 14.2. The van der Waals surface area contributed by atoms with E-state index in [9.17, 15) is 0 Å². The van der Waals surface area contributed by atoms with Gasteiger partial charge in [-0.25, -0.2) is 4.98 Å². The SMILES string of the molecule is Clc1ccc(CN2/C(=N/CCCn3ccnc3)c3cccc4cccc2c34)cc1. The van der Waals surface area contributed by atoms with Gasteiger partial charge in [-0.05, 0) is 35.6 Å². The standard InChI is InChI=1S/C24H21ClN4/c25-20-10-8-18(9-11-20)16-29-22-7-2-5-19-4-1-6-21(23(19)22)24(29)27-12-3-14-28-15-13-26-17-28/h1-2,4-11,13,15,17H,3,12,14,16H2/b27-24+. The van der Waals surface area contributed by atoms with E-state index >= 15 is 0 Å². The molecule has 4 nitrogen and oxygen atoms in total. The lowest BCUT2D eigenvalue weighted by molar-refractivity contribution is 0.650. The highest BCUT2D eigenvalue weighted by Crippen LogP contribution is 2.38. The number of halogens is 1. The summed E-state index contributed by atoms with van der Waals surface area (Å²) in [5.74, 6) is 1.05. The van der Waals surface area contributed by atoms with E-state index in [0.29, 0.717) is 0 Å². The first-order valence-electron chi connectivity index (χ1n) is 9.84. The van der Waals surface area contributed by atoms with Crippen LogP contribution in [0.5, 0.6) is 0 Å². The van der Waals surface area contributed by atoms with E-state index in [0.717, 1.165) is 36.9 Å². The molecule has 0 radical (unpaired) electrons. The number of aliphatic imine (C=N–C) groups is 1. The van der Waals surface area contributed by atoms with E-state index in [2.05, 4.69) is 63.0 Å². The molecule has 0 unspecified atom stereocenters. The van der Waals surface area contributed by atoms with Gasteiger partial charge in [-0.3, -0.25) is 4.99 Å². The van der Waals surface area contributed by atoms with Crippen LogP contribution in [0.15, 0.2) is 84.4 Å². The molecule has 0 spiro atoms.